The normalized spacial score (nSPS) is 24.9. The maximum atomic E-state index is 13.5. The molecule has 1 aromatic rings. The Labute approximate surface area is 107 Å². The molecule has 0 saturated heterocycles. The zero-order valence-electron chi connectivity index (χ0n) is 9.32. The molecule has 8 heteroatoms. The molecule has 1 aliphatic carbocycles. The Morgan fingerprint density at radius 3 is 2.21 bits per heavy atom. The van der Waals surface area contributed by atoms with Crippen LogP contribution in [0.25, 0.3) is 0 Å². The number of rotatable bonds is 2. The van der Waals surface area contributed by atoms with Crippen LogP contribution in [0.2, 0.25) is 0 Å². The average Bonchev–Trinajstić information content (AvgIpc) is 2.73. The number of thiophene rings is 1. The summed E-state index contributed by atoms with van der Waals surface area (Å²) in [5.41, 5.74) is -0.498. The minimum atomic E-state index is -5.18. The molecule has 0 saturated carbocycles. The molecule has 1 unspecified atom stereocenters. The molecule has 19 heavy (non-hydrogen) atoms. The van der Waals surface area contributed by atoms with E-state index in [0.29, 0.717) is 6.29 Å². The van der Waals surface area contributed by atoms with E-state index in [1.54, 1.807) is 0 Å². The fraction of sp³-hybridized carbons (Fsp3) is 0.364. The Hall–Kier alpha value is -1.31. The van der Waals surface area contributed by atoms with E-state index < -0.39 is 35.0 Å². The van der Waals surface area contributed by atoms with Crippen molar-refractivity contribution < 1.29 is 31.1 Å². The van der Waals surface area contributed by atoms with Gasteiger partial charge in [-0.3, -0.25) is 4.79 Å². The molecular weight excluding hydrogens is 294 g/mol. The van der Waals surface area contributed by atoms with Crippen molar-refractivity contribution in [2.45, 2.75) is 24.7 Å². The lowest BCUT2D eigenvalue weighted by Gasteiger charge is -2.24. The van der Waals surface area contributed by atoms with Gasteiger partial charge >= 0.3 is 11.8 Å². The molecule has 0 aromatic carbocycles. The first-order valence-electron chi connectivity index (χ1n) is 5.01. The van der Waals surface area contributed by atoms with Gasteiger partial charge in [-0.15, -0.1) is 11.3 Å². The quantitative estimate of drug-likeness (QED) is 0.585. The molecule has 0 spiro atoms. The SMILES string of the molecule is Cc1sc(C=O)cc1C1C(F)=C(F)C(F)(F)C1(F)F. The number of alkyl halides is 4. The number of hydrogen-bond donors (Lipinski definition) is 0. The van der Waals surface area contributed by atoms with E-state index in [4.69, 9.17) is 0 Å². The Morgan fingerprint density at radius 1 is 1.26 bits per heavy atom. The summed E-state index contributed by atoms with van der Waals surface area (Å²) in [6, 6.07) is 0.875. The molecule has 1 heterocycles. The Kier molecular flexibility index (Phi) is 3.04. The van der Waals surface area contributed by atoms with Gasteiger partial charge in [-0.1, -0.05) is 0 Å². The van der Waals surface area contributed by atoms with Crippen LogP contribution in [0.5, 0.6) is 0 Å². The van der Waals surface area contributed by atoms with Crippen LogP contribution < -0.4 is 0 Å². The Bertz CT molecular complexity index is 574. The van der Waals surface area contributed by atoms with Crippen LogP contribution in [-0.4, -0.2) is 18.1 Å². The van der Waals surface area contributed by atoms with Crippen molar-refractivity contribution in [2.24, 2.45) is 0 Å². The number of aldehydes is 1. The molecule has 0 N–H and O–H groups in total. The summed E-state index contributed by atoms with van der Waals surface area (Å²) in [6.45, 7) is 1.27. The van der Waals surface area contributed by atoms with E-state index >= 15 is 0 Å². The largest absolute Gasteiger partial charge is 0.364 e. The van der Waals surface area contributed by atoms with Crippen LogP contribution in [0.4, 0.5) is 26.3 Å². The van der Waals surface area contributed by atoms with Crippen molar-refractivity contribution >= 4 is 17.6 Å². The van der Waals surface area contributed by atoms with Gasteiger partial charge in [0.2, 0.25) is 5.83 Å². The van der Waals surface area contributed by atoms with Gasteiger partial charge in [0.05, 0.1) is 4.88 Å². The predicted molar refractivity (Wildman–Crippen MR) is 56.3 cm³/mol. The topological polar surface area (TPSA) is 17.1 Å². The highest BCUT2D eigenvalue weighted by atomic mass is 32.1. The summed E-state index contributed by atoms with van der Waals surface area (Å²) in [4.78, 5) is 10.6. The number of carbonyl (C=O) groups is 1. The average molecular weight is 300 g/mol. The van der Waals surface area contributed by atoms with Crippen molar-refractivity contribution in [3.05, 3.63) is 33.0 Å². The zero-order valence-corrected chi connectivity index (χ0v) is 10.1. The van der Waals surface area contributed by atoms with Crippen LogP contribution >= 0.6 is 11.3 Å². The molecule has 0 radical (unpaired) electrons. The molecule has 1 nitrogen and oxygen atoms in total. The highest BCUT2D eigenvalue weighted by molar-refractivity contribution is 7.13. The number of hydrogen-bond acceptors (Lipinski definition) is 2. The number of halogens is 6. The van der Waals surface area contributed by atoms with Gasteiger partial charge in [0, 0.05) is 4.88 Å². The molecule has 0 amide bonds. The van der Waals surface area contributed by atoms with Gasteiger partial charge < -0.3 is 0 Å². The van der Waals surface area contributed by atoms with E-state index in [-0.39, 0.29) is 9.75 Å². The molecule has 1 aliphatic rings. The van der Waals surface area contributed by atoms with Crippen molar-refractivity contribution in [2.75, 3.05) is 0 Å². The molecule has 2 rings (SSSR count). The smallest absolute Gasteiger partial charge is 0.297 e. The van der Waals surface area contributed by atoms with Gasteiger partial charge in [0.1, 0.15) is 5.92 Å². The van der Waals surface area contributed by atoms with Crippen molar-refractivity contribution in [3.63, 3.8) is 0 Å². The highest BCUT2D eigenvalue weighted by Crippen LogP contribution is 2.60. The standard InChI is InChI=1S/C11H6F6OS/c1-4-6(2-5(3-18)19-4)7-8(12)9(13)11(16,17)10(7,14)15/h2-3,7H,1H3. The lowest BCUT2D eigenvalue weighted by molar-refractivity contribution is -0.189. The fourth-order valence-corrected chi connectivity index (χ4v) is 2.84. The van der Waals surface area contributed by atoms with Crippen LogP contribution in [0.3, 0.4) is 0 Å². The maximum Gasteiger partial charge on any atom is 0.364 e. The minimum absolute atomic E-state index is 0.0216. The second-order valence-electron chi connectivity index (χ2n) is 4.07. The second kappa shape index (κ2) is 4.09. The summed E-state index contributed by atoms with van der Waals surface area (Å²) in [5.74, 6) is -17.7. The third kappa shape index (κ3) is 1.73. The highest BCUT2D eigenvalue weighted by Gasteiger charge is 2.72. The van der Waals surface area contributed by atoms with Gasteiger partial charge in [-0.2, -0.15) is 17.6 Å². The molecule has 1 atom stereocenters. The first-order chi connectivity index (χ1) is 8.64. The van der Waals surface area contributed by atoms with Crippen LogP contribution in [0.1, 0.15) is 26.0 Å². The molecule has 0 fully saturated rings. The third-order valence-electron chi connectivity index (χ3n) is 2.92. The van der Waals surface area contributed by atoms with E-state index in [1.165, 1.54) is 6.92 Å². The Morgan fingerprint density at radius 2 is 1.84 bits per heavy atom. The van der Waals surface area contributed by atoms with Crippen LogP contribution in [-0.2, 0) is 0 Å². The predicted octanol–water partition coefficient (Wildman–Crippen LogP) is 4.39. The number of allylic oxidation sites excluding steroid dienone is 2. The van der Waals surface area contributed by atoms with E-state index in [9.17, 15) is 31.1 Å². The van der Waals surface area contributed by atoms with Crippen molar-refractivity contribution in [1.29, 1.82) is 0 Å². The molecule has 0 aliphatic heterocycles. The summed E-state index contributed by atoms with van der Waals surface area (Å²) >= 11 is 0.747. The van der Waals surface area contributed by atoms with Gasteiger partial charge in [-0.05, 0) is 18.6 Å². The monoisotopic (exact) mass is 300 g/mol. The summed E-state index contributed by atoms with van der Waals surface area (Å²) in [5, 5.41) is 0. The van der Waals surface area contributed by atoms with E-state index in [2.05, 4.69) is 0 Å². The lowest BCUT2D eigenvalue weighted by Crippen LogP contribution is -2.40. The first kappa shape index (κ1) is 14.1. The van der Waals surface area contributed by atoms with Crippen molar-refractivity contribution in [3.8, 4) is 0 Å². The van der Waals surface area contributed by atoms with Crippen molar-refractivity contribution in [1.82, 2.24) is 0 Å². The second-order valence-corrected chi connectivity index (χ2v) is 5.36. The van der Waals surface area contributed by atoms with Gasteiger partial charge in [0.15, 0.2) is 12.1 Å². The summed E-state index contributed by atoms with van der Waals surface area (Å²) in [7, 11) is 0. The van der Waals surface area contributed by atoms with Crippen LogP contribution in [0, 0.1) is 6.92 Å². The zero-order chi connectivity index (χ0) is 14.6. The van der Waals surface area contributed by atoms with E-state index in [1.807, 2.05) is 0 Å². The van der Waals surface area contributed by atoms with Gasteiger partial charge in [-0.25, -0.2) is 8.78 Å². The minimum Gasteiger partial charge on any atom is -0.297 e. The number of carbonyl (C=O) groups excluding carboxylic acids is 1. The summed E-state index contributed by atoms with van der Waals surface area (Å²) < 4.78 is 79.5. The maximum absolute atomic E-state index is 13.5. The van der Waals surface area contributed by atoms with Crippen LogP contribution in [0.15, 0.2) is 17.7 Å². The van der Waals surface area contributed by atoms with E-state index in [0.717, 1.165) is 17.4 Å². The Balaban J connectivity index is 2.62. The fourth-order valence-electron chi connectivity index (χ4n) is 1.96. The first-order valence-corrected chi connectivity index (χ1v) is 5.83. The molecule has 1 aromatic heterocycles. The molecular formula is C11H6F6OS. The third-order valence-corrected chi connectivity index (χ3v) is 3.91. The number of aryl methyl sites for hydroxylation is 1. The summed E-state index contributed by atoms with van der Waals surface area (Å²) in [6.07, 6.45) is 0.324. The molecule has 104 valence electrons. The lowest BCUT2D eigenvalue weighted by atomic mass is 9.94. The van der Waals surface area contributed by atoms with Gasteiger partial charge in [0.25, 0.3) is 0 Å². The molecule has 0 bridgehead atoms.